The van der Waals surface area contributed by atoms with Crippen LogP contribution in [0.1, 0.15) is 6.92 Å². The van der Waals surface area contributed by atoms with Gasteiger partial charge >= 0.3 is 5.69 Å². The Balaban J connectivity index is 2.20. The van der Waals surface area contributed by atoms with E-state index in [-0.39, 0.29) is 28.7 Å². The van der Waals surface area contributed by atoms with Crippen molar-refractivity contribution in [2.75, 3.05) is 13.2 Å². The number of hydrogen-bond donors (Lipinski definition) is 0. The van der Waals surface area contributed by atoms with Gasteiger partial charge in [-0.25, -0.2) is 0 Å². The van der Waals surface area contributed by atoms with Gasteiger partial charge in [-0.15, -0.1) is 0 Å². The highest BCUT2D eigenvalue weighted by Crippen LogP contribution is 2.36. The third kappa shape index (κ3) is 2.25. The minimum absolute atomic E-state index is 0.103. The van der Waals surface area contributed by atoms with Gasteiger partial charge in [-0.1, -0.05) is 17.7 Å². The van der Waals surface area contributed by atoms with Crippen LogP contribution < -0.4 is 4.74 Å². The molecule has 1 aliphatic rings. The first kappa shape index (κ1) is 11.2. The Labute approximate surface area is 97.1 Å². The van der Waals surface area contributed by atoms with Crippen molar-refractivity contribution < 1.29 is 14.4 Å². The molecule has 16 heavy (non-hydrogen) atoms. The van der Waals surface area contributed by atoms with Gasteiger partial charge in [0.25, 0.3) is 0 Å². The van der Waals surface area contributed by atoms with Crippen LogP contribution in [0.5, 0.6) is 5.75 Å². The van der Waals surface area contributed by atoms with E-state index >= 15 is 0 Å². The molecule has 1 aromatic carbocycles. The monoisotopic (exact) mass is 243 g/mol. The molecule has 1 aromatic rings. The Hall–Kier alpha value is -1.33. The van der Waals surface area contributed by atoms with E-state index in [0.717, 1.165) is 0 Å². The van der Waals surface area contributed by atoms with Gasteiger partial charge in [-0.05, 0) is 13.0 Å². The zero-order valence-electron chi connectivity index (χ0n) is 8.60. The van der Waals surface area contributed by atoms with Gasteiger partial charge in [0.1, 0.15) is 12.2 Å². The number of benzene rings is 1. The molecule has 1 unspecified atom stereocenters. The molecule has 6 heteroatoms. The van der Waals surface area contributed by atoms with Crippen molar-refractivity contribution in [2.45, 2.75) is 12.5 Å². The van der Waals surface area contributed by atoms with Gasteiger partial charge in [0.2, 0.25) is 5.75 Å². The van der Waals surface area contributed by atoms with Gasteiger partial charge in [-0.2, -0.15) is 0 Å². The van der Waals surface area contributed by atoms with E-state index in [2.05, 4.69) is 0 Å². The number of nitro groups is 1. The Morgan fingerprint density at radius 2 is 2.38 bits per heavy atom. The molecule has 1 saturated heterocycles. The highest BCUT2D eigenvalue weighted by molar-refractivity contribution is 6.32. The normalized spacial score (nSPS) is 22.9. The van der Waals surface area contributed by atoms with Gasteiger partial charge in [0, 0.05) is 6.07 Å². The number of para-hydroxylation sites is 1. The lowest BCUT2D eigenvalue weighted by atomic mass is 10.2. The first-order valence-electron chi connectivity index (χ1n) is 4.71. The van der Waals surface area contributed by atoms with Gasteiger partial charge in [0.05, 0.1) is 16.6 Å². The van der Waals surface area contributed by atoms with Crippen LogP contribution in [-0.2, 0) is 4.74 Å². The molecule has 1 heterocycles. The first-order valence-corrected chi connectivity index (χ1v) is 5.09. The zero-order valence-corrected chi connectivity index (χ0v) is 9.36. The lowest BCUT2D eigenvalue weighted by Gasteiger charge is -2.10. The molecule has 1 atom stereocenters. The standard InChI is InChI=1S/C10H10ClNO4/c1-10(6-16-10)5-15-9-7(11)3-2-4-8(9)12(13)14/h2-4H,5-6H2,1H3. The predicted molar refractivity (Wildman–Crippen MR) is 58.0 cm³/mol. The van der Waals surface area contributed by atoms with E-state index < -0.39 is 4.92 Å². The summed E-state index contributed by atoms with van der Waals surface area (Å²) in [6, 6.07) is 4.43. The van der Waals surface area contributed by atoms with Gasteiger partial charge in [-0.3, -0.25) is 10.1 Å². The fourth-order valence-corrected chi connectivity index (χ4v) is 1.44. The van der Waals surface area contributed by atoms with E-state index in [1.807, 2.05) is 6.92 Å². The second-order valence-electron chi connectivity index (χ2n) is 3.87. The van der Waals surface area contributed by atoms with Crippen LogP contribution in [-0.4, -0.2) is 23.7 Å². The molecule has 0 spiro atoms. The van der Waals surface area contributed by atoms with Crippen LogP contribution in [0.25, 0.3) is 0 Å². The average molecular weight is 244 g/mol. The fraction of sp³-hybridized carbons (Fsp3) is 0.400. The molecule has 86 valence electrons. The van der Waals surface area contributed by atoms with Crippen molar-refractivity contribution in [3.8, 4) is 5.75 Å². The smallest absolute Gasteiger partial charge is 0.312 e. The number of epoxide rings is 1. The SMILES string of the molecule is CC1(COc2c(Cl)cccc2[N+](=O)[O-])CO1. The van der Waals surface area contributed by atoms with Crippen LogP contribution >= 0.6 is 11.6 Å². The summed E-state index contributed by atoms with van der Waals surface area (Å²) in [5.74, 6) is 0.103. The summed E-state index contributed by atoms with van der Waals surface area (Å²) in [6.45, 7) is 2.73. The summed E-state index contributed by atoms with van der Waals surface area (Å²) in [5.41, 5.74) is -0.454. The lowest BCUT2D eigenvalue weighted by Crippen LogP contribution is -2.17. The predicted octanol–water partition coefficient (Wildman–Crippen LogP) is 2.42. The average Bonchev–Trinajstić information content (AvgIpc) is 2.95. The van der Waals surface area contributed by atoms with E-state index in [1.165, 1.54) is 12.1 Å². The third-order valence-electron chi connectivity index (χ3n) is 2.30. The maximum atomic E-state index is 10.7. The quantitative estimate of drug-likeness (QED) is 0.463. The molecular weight excluding hydrogens is 234 g/mol. The van der Waals surface area contributed by atoms with E-state index in [4.69, 9.17) is 21.1 Å². The maximum Gasteiger partial charge on any atom is 0.312 e. The van der Waals surface area contributed by atoms with E-state index in [0.29, 0.717) is 6.61 Å². The highest BCUT2D eigenvalue weighted by Gasteiger charge is 2.40. The van der Waals surface area contributed by atoms with Crippen molar-refractivity contribution >= 4 is 17.3 Å². The lowest BCUT2D eigenvalue weighted by molar-refractivity contribution is -0.385. The molecule has 0 bridgehead atoms. The van der Waals surface area contributed by atoms with E-state index in [1.54, 1.807) is 6.07 Å². The van der Waals surface area contributed by atoms with E-state index in [9.17, 15) is 10.1 Å². The molecule has 0 radical (unpaired) electrons. The molecular formula is C10H10ClNO4. The second kappa shape index (κ2) is 3.92. The van der Waals surface area contributed by atoms with Crippen molar-refractivity contribution in [3.05, 3.63) is 33.3 Å². The zero-order chi connectivity index (χ0) is 11.8. The minimum atomic E-state index is -0.517. The number of nitrogens with zero attached hydrogens (tertiary/aromatic N) is 1. The number of rotatable bonds is 4. The van der Waals surface area contributed by atoms with Crippen LogP contribution in [0.15, 0.2) is 18.2 Å². The molecule has 1 fully saturated rings. The Kier molecular flexibility index (Phi) is 2.73. The van der Waals surface area contributed by atoms with Crippen molar-refractivity contribution in [3.63, 3.8) is 0 Å². The molecule has 0 N–H and O–H groups in total. The second-order valence-corrected chi connectivity index (χ2v) is 4.28. The molecule has 0 aromatic heterocycles. The number of nitro benzene ring substituents is 1. The summed E-state index contributed by atoms with van der Waals surface area (Å²) in [5, 5.41) is 11.0. The summed E-state index contributed by atoms with van der Waals surface area (Å²) in [7, 11) is 0. The van der Waals surface area contributed by atoms with Crippen LogP contribution in [0.2, 0.25) is 5.02 Å². The molecule has 0 amide bonds. The summed E-state index contributed by atoms with van der Waals surface area (Å²) < 4.78 is 10.5. The summed E-state index contributed by atoms with van der Waals surface area (Å²) in [4.78, 5) is 10.2. The molecule has 0 saturated carbocycles. The largest absolute Gasteiger partial charge is 0.483 e. The summed E-state index contributed by atoms with van der Waals surface area (Å²) >= 11 is 5.85. The maximum absolute atomic E-state index is 10.7. The van der Waals surface area contributed by atoms with Crippen LogP contribution in [0.3, 0.4) is 0 Å². The first-order chi connectivity index (χ1) is 7.52. The third-order valence-corrected chi connectivity index (χ3v) is 2.60. The van der Waals surface area contributed by atoms with Crippen molar-refractivity contribution in [1.29, 1.82) is 0 Å². The van der Waals surface area contributed by atoms with Crippen LogP contribution in [0, 0.1) is 10.1 Å². The molecule has 5 nitrogen and oxygen atoms in total. The highest BCUT2D eigenvalue weighted by atomic mass is 35.5. The van der Waals surface area contributed by atoms with Crippen molar-refractivity contribution in [2.24, 2.45) is 0 Å². The Morgan fingerprint density at radius 1 is 1.69 bits per heavy atom. The van der Waals surface area contributed by atoms with Gasteiger partial charge < -0.3 is 9.47 Å². The Bertz CT molecular complexity index is 431. The number of hydrogen-bond acceptors (Lipinski definition) is 4. The molecule has 0 aliphatic carbocycles. The number of ether oxygens (including phenoxy) is 2. The topological polar surface area (TPSA) is 64.9 Å². The minimum Gasteiger partial charge on any atom is -0.483 e. The molecule has 2 rings (SSSR count). The van der Waals surface area contributed by atoms with Crippen molar-refractivity contribution in [1.82, 2.24) is 0 Å². The summed E-state index contributed by atoms with van der Waals surface area (Å²) in [6.07, 6.45) is 0. The number of halogens is 1. The van der Waals surface area contributed by atoms with Crippen LogP contribution in [0.4, 0.5) is 5.69 Å². The Morgan fingerprint density at radius 3 is 2.94 bits per heavy atom. The molecule has 1 aliphatic heterocycles. The fourth-order valence-electron chi connectivity index (χ4n) is 1.22. The van der Waals surface area contributed by atoms with Gasteiger partial charge in [0.15, 0.2) is 0 Å².